The van der Waals surface area contributed by atoms with Crippen LogP contribution in [0.2, 0.25) is 0 Å². The van der Waals surface area contributed by atoms with Crippen LogP contribution in [-0.4, -0.2) is 24.5 Å². The van der Waals surface area contributed by atoms with Gasteiger partial charge < -0.3 is 14.8 Å². The first-order valence-electron chi connectivity index (χ1n) is 7.37. The second-order valence-corrected chi connectivity index (χ2v) is 4.91. The van der Waals surface area contributed by atoms with Gasteiger partial charge in [0.15, 0.2) is 5.75 Å². The van der Waals surface area contributed by atoms with Crippen LogP contribution in [0.15, 0.2) is 42.5 Å². The number of nitro groups is 1. The van der Waals surface area contributed by atoms with Crippen molar-refractivity contribution in [2.24, 2.45) is 0 Å². The van der Waals surface area contributed by atoms with Crippen molar-refractivity contribution in [1.82, 2.24) is 5.32 Å². The van der Waals surface area contributed by atoms with Crippen LogP contribution in [0.5, 0.6) is 11.5 Å². The lowest BCUT2D eigenvalue weighted by Crippen LogP contribution is -2.22. The Hall–Kier alpha value is -3.09. The number of nitrogens with zero attached hydrogens (tertiary/aromatic N) is 1. The van der Waals surface area contributed by atoms with E-state index in [9.17, 15) is 14.9 Å². The van der Waals surface area contributed by atoms with Crippen molar-refractivity contribution in [3.05, 3.63) is 63.7 Å². The van der Waals surface area contributed by atoms with Gasteiger partial charge in [-0.25, -0.2) is 0 Å². The first-order valence-corrected chi connectivity index (χ1v) is 7.37. The number of hydrogen-bond acceptors (Lipinski definition) is 5. The third-order valence-electron chi connectivity index (χ3n) is 3.30. The highest BCUT2D eigenvalue weighted by atomic mass is 16.6. The summed E-state index contributed by atoms with van der Waals surface area (Å²) in [7, 11) is 1.57. The minimum atomic E-state index is -0.566. The SMILES string of the molecule is CCOc1ccc(C(=O)NCc2cccc(OC)c2)cc1[N+](=O)[O-]. The van der Waals surface area contributed by atoms with Gasteiger partial charge in [-0.2, -0.15) is 0 Å². The second-order valence-electron chi connectivity index (χ2n) is 4.91. The number of nitro benzene ring substituents is 1. The Morgan fingerprint density at radius 1 is 1.25 bits per heavy atom. The molecule has 2 aromatic carbocycles. The van der Waals surface area contributed by atoms with Gasteiger partial charge in [0.1, 0.15) is 5.75 Å². The van der Waals surface area contributed by atoms with Gasteiger partial charge in [-0.15, -0.1) is 0 Å². The minimum absolute atomic E-state index is 0.145. The summed E-state index contributed by atoms with van der Waals surface area (Å²) in [5, 5.41) is 13.8. The number of nitrogens with one attached hydrogen (secondary N) is 1. The molecule has 0 saturated heterocycles. The average Bonchev–Trinajstić information content (AvgIpc) is 2.60. The summed E-state index contributed by atoms with van der Waals surface area (Å²) >= 11 is 0. The average molecular weight is 330 g/mol. The first-order chi connectivity index (χ1) is 11.5. The zero-order chi connectivity index (χ0) is 17.5. The summed E-state index contributed by atoms with van der Waals surface area (Å²) in [4.78, 5) is 22.7. The fourth-order valence-electron chi connectivity index (χ4n) is 2.15. The molecule has 0 aliphatic heterocycles. The Morgan fingerprint density at radius 2 is 2.04 bits per heavy atom. The summed E-state index contributed by atoms with van der Waals surface area (Å²) in [5.74, 6) is 0.439. The number of rotatable bonds is 7. The number of amides is 1. The smallest absolute Gasteiger partial charge is 0.311 e. The summed E-state index contributed by atoms with van der Waals surface area (Å²) in [6, 6.07) is 11.4. The van der Waals surface area contributed by atoms with Crippen LogP contribution in [0, 0.1) is 10.1 Å². The molecule has 0 aromatic heterocycles. The zero-order valence-electron chi connectivity index (χ0n) is 13.4. The maximum Gasteiger partial charge on any atom is 0.311 e. The van der Waals surface area contributed by atoms with E-state index >= 15 is 0 Å². The molecule has 7 nitrogen and oxygen atoms in total. The topological polar surface area (TPSA) is 90.7 Å². The summed E-state index contributed by atoms with van der Waals surface area (Å²) < 4.78 is 10.3. The van der Waals surface area contributed by atoms with Crippen molar-refractivity contribution in [2.75, 3.05) is 13.7 Å². The molecule has 126 valence electrons. The van der Waals surface area contributed by atoms with Gasteiger partial charge in [0.25, 0.3) is 5.91 Å². The number of carbonyl (C=O) groups is 1. The number of ether oxygens (including phenoxy) is 2. The fraction of sp³-hybridized carbons (Fsp3) is 0.235. The second kappa shape index (κ2) is 7.96. The molecule has 2 aromatic rings. The predicted molar refractivity (Wildman–Crippen MR) is 88.4 cm³/mol. The Balaban J connectivity index is 2.11. The van der Waals surface area contributed by atoms with Gasteiger partial charge in [0.05, 0.1) is 18.6 Å². The maximum atomic E-state index is 12.2. The third kappa shape index (κ3) is 4.22. The largest absolute Gasteiger partial charge is 0.497 e. The molecule has 7 heteroatoms. The molecule has 0 atom stereocenters. The summed E-state index contributed by atoms with van der Waals surface area (Å²) in [6.07, 6.45) is 0. The molecule has 0 heterocycles. The lowest BCUT2D eigenvalue weighted by atomic mass is 10.1. The van der Waals surface area contributed by atoms with E-state index in [2.05, 4.69) is 5.32 Å². The van der Waals surface area contributed by atoms with Crippen LogP contribution in [0.1, 0.15) is 22.8 Å². The van der Waals surface area contributed by atoms with Crippen molar-refractivity contribution in [2.45, 2.75) is 13.5 Å². The molecule has 1 amide bonds. The van der Waals surface area contributed by atoms with Gasteiger partial charge in [0.2, 0.25) is 0 Å². The maximum absolute atomic E-state index is 12.2. The number of carbonyl (C=O) groups excluding carboxylic acids is 1. The quantitative estimate of drug-likeness (QED) is 0.622. The van der Waals surface area contributed by atoms with Gasteiger partial charge >= 0.3 is 5.69 Å². The summed E-state index contributed by atoms with van der Waals surface area (Å²) in [5.41, 5.74) is 0.835. The Morgan fingerprint density at radius 3 is 2.71 bits per heavy atom. The fourth-order valence-corrected chi connectivity index (χ4v) is 2.15. The lowest BCUT2D eigenvalue weighted by Gasteiger charge is -2.08. The van der Waals surface area contributed by atoms with E-state index in [1.807, 2.05) is 12.1 Å². The Kier molecular flexibility index (Phi) is 5.73. The Labute approximate surface area is 139 Å². The molecule has 24 heavy (non-hydrogen) atoms. The third-order valence-corrected chi connectivity index (χ3v) is 3.30. The highest BCUT2D eigenvalue weighted by molar-refractivity contribution is 5.95. The van der Waals surface area contributed by atoms with Crippen molar-refractivity contribution >= 4 is 11.6 Å². The number of benzene rings is 2. The van der Waals surface area contributed by atoms with E-state index in [1.165, 1.54) is 18.2 Å². The highest BCUT2D eigenvalue weighted by Crippen LogP contribution is 2.28. The van der Waals surface area contributed by atoms with E-state index in [1.54, 1.807) is 26.2 Å². The van der Waals surface area contributed by atoms with E-state index in [-0.39, 0.29) is 23.5 Å². The van der Waals surface area contributed by atoms with Gasteiger partial charge in [-0.3, -0.25) is 14.9 Å². The van der Waals surface area contributed by atoms with Crippen LogP contribution < -0.4 is 14.8 Å². The highest BCUT2D eigenvalue weighted by Gasteiger charge is 2.18. The standard InChI is InChI=1S/C17H18N2O5/c1-3-24-16-8-7-13(10-15(16)19(21)22)17(20)18-11-12-5-4-6-14(9-12)23-2/h4-10H,3,11H2,1-2H3,(H,18,20). The van der Waals surface area contributed by atoms with Crippen LogP contribution in [-0.2, 0) is 6.54 Å². The molecular weight excluding hydrogens is 312 g/mol. The van der Waals surface area contributed by atoms with Crippen LogP contribution in [0.3, 0.4) is 0 Å². The monoisotopic (exact) mass is 330 g/mol. The molecule has 0 radical (unpaired) electrons. The molecule has 0 saturated carbocycles. The molecule has 0 spiro atoms. The molecule has 0 aliphatic rings. The van der Waals surface area contributed by atoms with Crippen LogP contribution in [0.4, 0.5) is 5.69 Å². The van der Waals surface area contributed by atoms with Crippen molar-refractivity contribution in [3.63, 3.8) is 0 Å². The molecule has 0 fully saturated rings. The molecule has 0 unspecified atom stereocenters. The van der Waals surface area contributed by atoms with Crippen molar-refractivity contribution in [3.8, 4) is 11.5 Å². The molecule has 0 aliphatic carbocycles. The molecular formula is C17H18N2O5. The predicted octanol–water partition coefficient (Wildman–Crippen LogP) is 2.93. The van der Waals surface area contributed by atoms with Crippen LogP contribution in [0.25, 0.3) is 0 Å². The van der Waals surface area contributed by atoms with E-state index in [0.29, 0.717) is 12.4 Å². The normalized spacial score (nSPS) is 10.1. The van der Waals surface area contributed by atoms with Crippen molar-refractivity contribution < 1.29 is 19.2 Å². The summed E-state index contributed by atoms with van der Waals surface area (Å²) in [6.45, 7) is 2.33. The van der Waals surface area contributed by atoms with E-state index < -0.39 is 10.8 Å². The van der Waals surface area contributed by atoms with Gasteiger partial charge in [0, 0.05) is 18.2 Å². The minimum Gasteiger partial charge on any atom is -0.497 e. The van der Waals surface area contributed by atoms with Gasteiger partial charge in [-0.1, -0.05) is 12.1 Å². The Bertz CT molecular complexity index is 746. The zero-order valence-corrected chi connectivity index (χ0v) is 13.4. The van der Waals surface area contributed by atoms with Gasteiger partial charge in [-0.05, 0) is 36.8 Å². The number of methoxy groups -OCH3 is 1. The van der Waals surface area contributed by atoms with E-state index in [4.69, 9.17) is 9.47 Å². The van der Waals surface area contributed by atoms with E-state index in [0.717, 1.165) is 5.56 Å². The first kappa shape index (κ1) is 17.3. The molecule has 2 rings (SSSR count). The molecule has 0 bridgehead atoms. The van der Waals surface area contributed by atoms with Crippen molar-refractivity contribution in [1.29, 1.82) is 0 Å². The van der Waals surface area contributed by atoms with Crippen LogP contribution >= 0.6 is 0 Å². The number of hydrogen-bond donors (Lipinski definition) is 1. The lowest BCUT2D eigenvalue weighted by molar-refractivity contribution is -0.385. The molecule has 1 N–H and O–H groups in total.